The maximum atomic E-state index is 12.9. The van der Waals surface area contributed by atoms with E-state index in [0.29, 0.717) is 69.7 Å². The van der Waals surface area contributed by atoms with Gasteiger partial charge in [0.15, 0.2) is 0 Å². The van der Waals surface area contributed by atoms with Crippen LogP contribution in [0.1, 0.15) is 18.9 Å². The number of nitrogens with zero attached hydrogens (tertiary/aromatic N) is 6. The van der Waals surface area contributed by atoms with E-state index in [1.807, 2.05) is 66.9 Å². The van der Waals surface area contributed by atoms with Crippen molar-refractivity contribution in [1.82, 2.24) is 34.6 Å². The Morgan fingerprint density at radius 1 is 0.787 bits per heavy atom. The third kappa shape index (κ3) is 8.05. The number of carbonyl (C=O) groups excluding carboxylic acids is 2. The van der Waals surface area contributed by atoms with E-state index >= 15 is 0 Å². The number of carboxylic acid groups (broad SMARTS) is 1. The number of hydrogen-bond acceptors (Lipinski definition) is 8. The van der Waals surface area contributed by atoms with Crippen molar-refractivity contribution >= 4 is 28.9 Å². The number of nitrogens with one attached hydrogen (secondary N) is 1. The van der Waals surface area contributed by atoms with Gasteiger partial charge in [-0.15, -0.1) is 0 Å². The lowest BCUT2D eigenvalue weighted by Crippen LogP contribution is -2.49. The molecule has 2 aliphatic heterocycles. The number of ether oxygens (including phenoxy) is 2. The van der Waals surface area contributed by atoms with Gasteiger partial charge in [0.1, 0.15) is 29.1 Å². The van der Waals surface area contributed by atoms with Crippen molar-refractivity contribution in [3.8, 4) is 23.1 Å². The van der Waals surface area contributed by atoms with E-state index in [4.69, 9.17) is 14.6 Å². The molecule has 0 unspecified atom stereocenters. The van der Waals surface area contributed by atoms with Crippen molar-refractivity contribution in [2.45, 2.75) is 18.9 Å². The first-order valence-electron chi connectivity index (χ1n) is 15.7. The third-order valence-electron chi connectivity index (χ3n) is 8.41. The minimum atomic E-state index is -1.04. The molecule has 0 saturated carbocycles. The zero-order valence-corrected chi connectivity index (χ0v) is 25.9. The minimum Gasteiger partial charge on any atom is -0.465 e. The first-order chi connectivity index (χ1) is 22.9. The number of piperazine rings is 1. The molecule has 244 valence electrons. The number of likely N-dealkylation sites (tertiary alicyclic amines) is 1. The highest BCUT2D eigenvalue weighted by molar-refractivity contribution is 5.96. The number of fused-ring (bicyclic) bond motifs is 1. The van der Waals surface area contributed by atoms with Crippen LogP contribution >= 0.6 is 0 Å². The van der Waals surface area contributed by atoms with Crippen LogP contribution in [-0.4, -0.2) is 105 Å². The van der Waals surface area contributed by atoms with Crippen molar-refractivity contribution in [3.05, 3.63) is 85.3 Å². The molecule has 4 heterocycles. The Balaban J connectivity index is 1.01. The summed E-state index contributed by atoms with van der Waals surface area (Å²) in [5.74, 6) is 2.15. The summed E-state index contributed by atoms with van der Waals surface area (Å²) in [7, 11) is 0. The minimum absolute atomic E-state index is 0.124. The zero-order chi connectivity index (χ0) is 32.6. The lowest BCUT2D eigenvalue weighted by molar-refractivity contribution is -0.129. The Kier molecular flexibility index (Phi) is 9.92. The topological polar surface area (TPSA) is 142 Å². The maximum absolute atomic E-state index is 12.9. The van der Waals surface area contributed by atoms with Crippen LogP contribution in [0.15, 0.2) is 85.3 Å². The Morgan fingerprint density at radius 2 is 1.40 bits per heavy atom. The van der Waals surface area contributed by atoms with E-state index in [0.717, 1.165) is 29.6 Å². The van der Waals surface area contributed by atoms with Gasteiger partial charge < -0.3 is 34.3 Å². The molecule has 2 aliphatic rings. The second kappa shape index (κ2) is 14.8. The summed E-state index contributed by atoms with van der Waals surface area (Å²) in [4.78, 5) is 50.7. The van der Waals surface area contributed by atoms with Gasteiger partial charge in [0.2, 0.25) is 17.7 Å². The van der Waals surface area contributed by atoms with Crippen LogP contribution in [0.25, 0.3) is 11.0 Å². The number of piperidine rings is 1. The predicted octanol–water partition coefficient (Wildman–Crippen LogP) is 4.15. The molecule has 2 aromatic heterocycles. The number of rotatable bonds is 10. The monoisotopic (exact) mass is 639 g/mol. The quantitative estimate of drug-likeness (QED) is 0.245. The lowest BCUT2D eigenvalue weighted by atomic mass is 10.0. The molecule has 2 fully saturated rings. The van der Waals surface area contributed by atoms with Crippen LogP contribution in [0.4, 0.5) is 4.79 Å². The Morgan fingerprint density at radius 3 is 2.06 bits per heavy atom. The van der Waals surface area contributed by atoms with E-state index in [1.165, 1.54) is 18.5 Å². The predicted molar refractivity (Wildman–Crippen MR) is 174 cm³/mol. The number of carbonyl (C=O) groups is 3. The molecular formula is C34H37N7O6. The average Bonchev–Trinajstić information content (AvgIpc) is 3.54. The summed E-state index contributed by atoms with van der Waals surface area (Å²) < 4.78 is 14.2. The fourth-order valence-electron chi connectivity index (χ4n) is 5.89. The van der Waals surface area contributed by atoms with Crippen LogP contribution < -0.4 is 14.8 Å². The maximum Gasteiger partial charge on any atom is 0.404 e. The molecule has 0 atom stereocenters. The van der Waals surface area contributed by atoms with Crippen molar-refractivity contribution in [1.29, 1.82) is 0 Å². The van der Waals surface area contributed by atoms with Gasteiger partial charge in [0.05, 0.1) is 5.52 Å². The van der Waals surface area contributed by atoms with Gasteiger partial charge in [-0.3, -0.25) is 14.5 Å². The summed E-state index contributed by atoms with van der Waals surface area (Å²) in [5.41, 5.74) is 1.57. The van der Waals surface area contributed by atoms with Gasteiger partial charge in [0, 0.05) is 76.7 Å². The molecule has 4 aromatic rings. The van der Waals surface area contributed by atoms with Gasteiger partial charge in [0.25, 0.3) is 0 Å². The van der Waals surface area contributed by atoms with Gasteiger partial charge in [-0.05, 0) is 55.3 Å². The van der Waals surface area contributed by atoms with Crippen LogP contribution in [0, 0.1) is 0 Å². The molecule has 0 radical (unpaired) electrons. The second-order valence-corrected chi connectivity index (χ2v) is 11.4. The molecule has 2 aromatic carbocycles. The van der Waals surface area contributed by atoms with E-state index in [-0.39, 0.29) is 17.9 Å². The molecule has 2 saturated heterocycles. The number of benzene rings is 2. The van der Waals surface area contributed by atoms with Crippen molar-refractivity contribution in [2.24, 2.45) is 0 Å². The second-order valence-electron chi connectivity index (χ2n) is 11.4. The van der Waals surface area contributed by atoms with Crippen LogP contribution in [-0.2, 0) is 9.59 Å². The molecule has 0 aliphatic carbocycles. The van der Waals surface area contributed by atoms with E-state index in [2.05, 4.69) is 24.8 Å². The Labute approximate surface area is 272 Å². The normalized spacial score (nSPS) is 16.0. The zero-order valence-electron chi connectivity index (χ0n) is 25.9. The number of amides is 3. The summed E-state index contributed by atoms with van der Waals surface area (Å²) in [6.45, 7) is 4.42. The fourth-order valence-corrected chi connectivity index (χ4v) is 5.89. The molecule has 2 N–H and O–H groups in total. The summed E-state index contributed by atoms with van der Waals surface area (Å²) in [6.07, 6.45) is 6.63. The molecule has 6 rings (SSSR count). The van der Waals surface area contributed by atoms with Gasteiger partial charge in [-0.25, -0.2) is 9.78 Å². The molecule has 3 amide bonds. The Bertz CT molecular complexity index is 1710. The van der Waals surface area contributed by atoms with Crippen molar-refractivity contribution < 1.29 is 29.0 Å². The number of hydrogen-bond donors (Lipinski definition) is 2. The van der Waals surface area contributed by atoms with Gasteiger partial charge >= 0.3 is 6.09 Å². The molecule has 0 spiro atoms. The highest BCUT2D eigenvalue weighted by Gasteiger charge is 2.26. The molecule has 0 bridgehead atoms. The highest BCUT2D eigenvalue weighted by atomic mass is 16.5. The van der Waals surface area contributed by atoms with E-state index < -0.39 is 6.09 Å². The third-order valence-corrected chi connectivity index (χ3v) is 8.41. The molecule has 47 heavy (non-hydrogen) atoms. The molecule has 13 nitrogen and oxygen atoms in total. The smallest absolute Gasteiger partial charge is 0.404 e. The first-order valence-corrected chi connectivity index (χ1v) is 15.7. The van der Waals surface area contributed by atoms with Crippen molar-refractivity contribution in [2.75, 3.05) is 52.4 Å². The van der Waals surface area contributed by atoms with Crippen LogP contribution in [0.2, 0.25) is 0 Å². The van der Waals surface area contributed by atoms with E-state index in [9.17, 15) is 14.4 Å². The van der Waals surface area contributed by atoms with Gasteiger partial charge in [-0.1, -0.05) is 18.2 Å². The molecule has 13 heteroatoms. The summed E-state index contributed by atoms with van der Waals surface area (Å²) in [5, 5.41) is 11.1. The van der Waals surface area contributed by atoms with Crippen molar-refractivity contribution in [3.63, 3.8) is 0 Å². The lowest BCUT2D eigenvalue weighted by Gasteiger charge is -2.34. The average molecular weight is 640 g/mol. The Hall–Kier alpha value is -5.43. The van der Waals surface area contributed by atoms with E-state index in [1.54, 1.807) is 9.80 Å². The van der Waals surface area contributed by atoms with Gasteiger partial charge in [-0.2, -0.15) is 4.98 Å². The number of para-hydroxylation sites is 1. The van der Waals surface area contributed by atoms with Crippen LogP contribution in [0.3, 0.4) is 0 Å². The number of aromatic nitrogens is 3. The SMILES string of the molecule is O=C(O)NCCN1CCN(C(=O)/C=C/C(=O)N2CCC(n3ccc4ncnc(Oc5ccc(Oc6ccccc6)cc5)c43)CC2)CC1. The summed E-state index contributed by atoms with van der Waals surface area (Å²) in [6, 6.07) is 19.0. The first kappa shape index (κ1) is 31.5. The fraction of sp³-hybridized carbons (Fsp3) is 0.324. The van der Waals surface area contributed by atoms with Crippen LogP contribution in [0.5, 0.6) is 23.1 Å². The summed E-state index contributed by atoms with van der Waals surface area (Å²) >= 11 is 0. The standard InChI is InChI=1S/C34H37N7O6/c42-30(10-11-31(43)40-22-20-38(21-23-40)19-15-35-34(44)45)39-16-12-25(13-17-39)41-18-14-29-32(41)33(37-24-36-29)47-28-8-6-27(7-9-28)46-26-4-2-1-3-5-26/h1-11,14,18,24-25,35H,12-13,15-17,19-23H2,(H,44,45)/b11-10+. The highest BCUT2D eigenvalue weighted by Crippen LogP contribution is 2.34. The molecular weight excluding hydrogens is 602 g/mol. The largest absolute Gasteiger partial charge is 0.465 e.